The van der Waals surface area contributed by atoms with Gasteiger partial charge in [-0.05, 0) is 0 Å². The molecule has 20 heavy (non-hydrogen) atoms. The van der Waals surface area contributed by atoms with Gasteiger partial charge in [0.05, 0.1) is 0 Å². The van der Waals surface area contributed by atoms with Crippen molar-refractivity contribution in [1.82, 2.24) is 11.5 Å². The van der Waals surface area contributed by atoms with E-state index in [1.165, 1.54) is 57.8 Å². The number of hydrogen-bond donors (Lipinski definition) is 0. The molecule has 3 aliphatic rings. The fraction of sp³-hybridized carbons (Fsp3) is 1.00. The van der Waals surface area contributed by atoms with Crippen LogP contribution in [0.15, 0.2) is 0 Å². The van der Waals surface area contributed by atoms with Gasteiger partial charge in [-0.3, -0.25) is 0 Å². The number of rotatable bonds is 3. The van der Waals surface area contributed by atoms with E-state index in [0.717, 1.165) is 39.3 Å². The Morgan fingerprint density at radius 3 is 0.950 bits per heavy atom. The Kier molecular flexibility index (Phi) is 5.30. The fourth-order valence-corrected chi connectivity index (χ4v) is 11.3. The molecule has 0 aromatic carbocycles. The molecule has 0 atom stereocenters. The van der Waals surface area contributed by atoms with E-state index in [0.29, 0.717) is 0 Å². The maximum absolute atomic E-state index is 14.1. The van der Waals surface area contributed by atoms with Gasteiger partial charge < -0.3 is 0 Å². The Bertz CT molecular complexity index is 293. The summed E-state index contributed by atoms with van der Waals surface area (Å²) in [5, 5.41) is 0. The second kappa shape index (κ2) is 7.00. The quantitative estimate of drug-likeness (QED) is 0.735. The first-order valence-corrected chi connectivity index (χ1v) is 12.0. The van der Waals surface area contributed by atoms with E-state index in [1.807, 2.05) is 0 Å². The Balaban J connectivity index is 1.81. The van der Waals surface area contributed by atoms with Crippen molar-refractivity contribution in [3.8, 4) is 0 Å². The summed E-state index contributed by atoms with van der Waals surface area (Å²) in [6.07, 6.45) is 11.4. The van der Waals surface area contributed by atoms with E-state index >= 15 is 0 Å². The minimum absolute atomic E-state index is 1.07. The van der Waals surface area contributed by atoms with Gasteiger partial charge >= 0.3 is 126 Å². The van der Waals surface area contributed by atoms with Crippen molar-refractivity contribution in [2.24, 2.45) is 0 Å². The van der Waals surface area contributed by atoms with Crippen LogP contribution in [0.1, 0.15) is 57.8 Å². The van der Waals surface area contributed by atoms with Crippen molar-refractivity contribution in [1.29, 1.82) is 0 Å². The van der Waals surface area contributed by atoms with Crippen LogP contribution >= 0.6 is 0 Å². The molecule has 0 aromatic rings. The van der Waals surface area contributed by atoms with Gasteiger partial charge in [0.2, 0.25) is 0 Å². The molecule has 3 saturated heterocycles. The molecule has 0 unspecified atom stereocenters. The van der Waals surface area contributed by atoms with E-state index in [9.17, 15) is 3.74 Å². The molecule has 0 saturated carbocycles. The molecule has 116 valence electrons. The molecule has 5 heteroatoms. The second-order valence-electron chi connectivity index (χ2n) is 6.56. The zero-order chi connectivity index (χ0) is 13.8. The summed E-state index contributed by atoms with van der Waals surface area (Å²) in [7, 11) is 0. The predicted octanol–water partition coefficient (Wildman–Crippen LogP) is 2.31. The third-order valence-electron chi connectivity index (χ3n) is 5.10. The van der Waals surface area contributed by atoms with Crippen molar-refractivity contribution >= 4 is 14.2 Å². The van der Waals surface area contributed by atoms with Crippen LogP contribution in [0.5, 0.6) is 0 Å². The molecule has 0 bridgehead atoms. The summed E-state index contributed by atoms with van der Waals surface area (Å²) in [5.41, 5.74) is 0. The van der Waals surface area contributed by atoms with Crippen molar-refractivity contribution in [2.45, 2.75) is 57.8 Å². The Morgan fingerprint density at radius 1 is 0.450 bits per heavy atom. The summed E-state index contributed by atoms with van der Waals surface area (Å²) >= 11 is -3.21. The molecule has 3 heterocycles. The van der Waals surface area contributed by atoms with E-state index in [2.05, 4.69) is 11.5 Å². The van der Waals surface area contributed by atoms with Crippen molar-refractivity contribution < 1.29 is 3.74 Å². The van der Waals surface area contributed by atoms with Gasteiger partial charge in [-0.2, -0.15) is 0 Å². The van der Waals surface area contributed by atoms with E-state index in [1.54, 1.807) is 0 Å². The van der Waals surface area contributed by atoms with Gasteiger partial charge in [0.25, 0.3) is 0 Å². The summed E-state index contributed by atoms with van der Waals surface area (Å²) in [4.78, 5) is 0. The maximum atomic E-state index is 14.1. The van der Waals surface area contributed by atoms with Crippen molar-refractivity contribution in [3.05, 3.63) is 0 Å². The molecule has 3 fully saturated rings. The van der Waals surface area contributed by atoms with Crippen LogP contribution < -0.4 is 0 Å². The van der Waals surface area contributed by atoms with Crippen LogP contribution in [0.2, 0.25) is 0 Å². The van der Waals surface area contributed by atoms with Crippen LogP contribution in [-0.2, 0) is 3.74 Å². The number of hydrogen-bond acceptors (Lipinski definition) is 1. The van der Waals surface area contributed by atoms with Gasteiger partial charge in [-0.1, -0.05) is 0 Å². The molecule has 4 nitrogen and oxygen atoms in total. The molecule has 0 aliphatic carbocycles. The standard InChI is InChI=1S/C15H30AsN3O/c20-16(17-10-4-1-5-11-17,18-12-6-2-7-13-18)19-14-8-3-9-15-19/h1-15H2. The van der Waals surface area contributed by atoms with Gasteiger partial charge in [-0.25, -0.2) is 0 Å². The van der Waals surface area contributed by atoms with Gasteiger partial charge in [0.1, 0.15) is 0 Å². The van der Waals surface area contributed by atoms with Crippen LogP contribution in [0.3, 0.4) is 0 Å². The zero-order valence-corrected chi connectivity index (χ0v) is 14.7. The first-order chi connectivity index (χ1) is 9.82. The van der Waals surface area contributed by atoms with Crippen LogP contribution in [-0.4, -0.2) is 64.9 Å². The Labute approximate surface area is 126 Å². The zero-order valence-electron chi connectivity index (χ0n) is 12.8. The Morgan fingerprint density at radius 2 is 0.700 bits per heavy atom. The average molecular weight is 343 g/mol. The van der Waals surface area contributed by atoms with E-state index < -0.39 is 14.2 Å². The molecular weight excluding hydrogens is 313 g/mol. The third-order valence-corrected chi connectivity index (χ3v) is 12.3. The molecule has 0 aromatic heterocycles. The second-order valence-corrected chi connectivity index (χ2v) is 12.3. The first kappa shape index (κ1) is 15.1. The van der Waals surface area contributed by atoms with Crippen molar-refractivity contribution in [3.63, 3.8) is 0 Å². The Hall–Kier alpha value is 0.238. The molecule has 0 spiro atoms. The summed E-state index contributed by atoms with van der Waals surface area (Å²) < 4.78 is 21.4. The van der Waals surface area contributed by atoms with Gasteiger partial charge in [0, 0.05) is 0 Å². The SMILES string of the molecule is O=[As](N1CCCCC1)(N1CCCCC1)N1CCCCC1. The van der Waals surface area contributed by atoms with Crippen LogP contribution in [0, 0.1) is 0 Å². The van der Waals surface area contributed by atoms with Crippen LogP contribution in [0.25, 0.3) is 0 Å². The predicted molar refractivity (Wildman–Crippen MR) is 82.7 cm³/mol. The molecule has 0 radical (unpaired) electrons. The van der Waals surface area contributed by atoms with Crippen LogP contribution in [0.4, 0.5) is 0 Å². The third kappa shape index (κ3) is 3.04. The molecule has 0 amide bonds. The summed E-state index contributed by atoms with van der Waals surface area (Å²) in [6.45, 7) is 6.44. The number of nitrogens with zero attached hydrogens (tertiary/aromatic N) is 3. The number of piperidine rings is 3. The van der Waals surface area contributed by atoms with Gasteiger partial charge in [0.15, 0.2) is 0 Å². The minimum atomic E-state index is -3.21. The first-order valence-electron chi connectivity index (χ1n) is 8.68. The molecular formula is C15H30AsN3O. The normalized spacial score (nSPS) is 28.6. The van der Waals surface area contributed by atoms with E-state index in [4.69, 9.17) is 0 Å². The fourth-order valence-electron chi connectivity index (χ4n) is 3.95. The molecule has 3 aliphatic heterocycles. The summed E-state index contributed by atoms with van der Waals surface area (Å²) in [6, 6.07) is 0. The molecule has 3 rings (SSSR count). The average Bonchev–Trinajstić information content (AvgIpc) is 2.56. The monoisotopic (exact) mass is 343 g/mol. The molecule has 0 N–H and O–H groups in total. The van der Waals surface area contributed by atoms with Gasteiger partial charge in [-0.15, -0.1) is 0 Å². The topological polar surface area (TPSA) is 26.8 Å². The summed E-state index contributed by atoms with van der Waals surface area (Å²) in [5.74, 6) is 0. The van der Waals surface area contributed by atoms with E-state index in [-0.39, 0.29) is 0 Å². The van der Waals surface area contributed by atoms with Crippen molar-refractivity contribution in [2.75, 3.05) is 39.3 Å².